The molecular formula is C94H130N10O10S2. The van der Waals surface area contributed by atoms with Gasteiger partial charge < -0.3 is 52.3 Å². The Bertz CT molecular complexity index is 4340. The maximum Gasteiger partial charge on any atom is 0.251 e. The molecule has 7 aromatic rings. The third-order valence-electron chi connectivity index (χ3n) is 22.1. The highest BCUT2D eigenvalue weighted by molar-refractivity contribution is 7.92. The summed E-state index contributed by atoms with van der Waals surface area (Å²) in [5.41, 5.74) is 5.13. The van der Waals surface area contributed by atoms with Crippen LogP contribution in [0.15, 0.2) is 143 Å². The summed E-state index contributed by atoms with van der Waals surface area (Å²) in [6.07, 6.45) is 16.9. The van der Waals surface area contributed by atoms with Crippen LogP contribution in [0.3, 0.4) is 0 Å². The molecule has 1 aliphatic heterocycles. The van der Waals surface area contributed by atoms with E-state index in [2.05, 4.69) is 126 Å². The second-order valence-electron chi connectivity index (χ2n) is 34.3. The van der Waals surface area contributed by atoms with Crippen LogP contribution >= 0.6 is 11.3 Å². The minimum atomic E-state index is -4.22. The molecule has 8 rings (SSSR count). The number of hydrogen-bond acceptors (Lipinski definition) is 13. The molecular weight excluding hydrogens is 1490 g/mol. The summed E-state index contributed by atoms with van der Waals surface area (Å²) in [5, 5.41) is 23.8. The minimum Gasteiger partial charge on any atom is -0.354 e. The summed E-state index contributed by atoms with van der Waals surface area (Å²) in [6.45, 7) is 35.1. The zero-order chi connectivity index (χ0) is 84.5. The lowest BCUT2D eigenvalue weighted by Gasteiger charge is -2.26. The number of rotatable bonds is 46. The van der Waals surface area contributed by atoms with Crippen molar-refractivity contribution in [3.63, 3.8) is 0 Å². The highest BCUT2D eigenvalue weighted by atomic mass is 32.2. The molecule has 0 saturated carbocycles. The van der Waals surface area contributed by atoms with Gasteiger partial charge in [-0.25, -0.2) is 8.42 Å². The number of nitrogens with zero attached hydrogens (tertiary/aromatic N) is 2. The van der Waals surface area contributed by atoms with Gasteiger partial charge in [0.15, 0.2) is 0 Å². The van der Waals surface area contributed by atoms with Gasteiger partial charge in [0.2, 0.25) is 33.5 Å². The normalized spacial score (nSPS) is 14.3. The Hall–Kier alpha value is -9.41. The second-order valence-corrected chi connectivity index (χ2v) is 37.2. The average Bonchev–Trinajstić information content (AvgIpc) is 1.55. The smallest absolute Gasteiger partial charge is 0.251 e. The van der Waals surface area contributed by atoms with Crippen LogP contribution in [0.4, 0.5) is 34.1 Å². The van der Waals surface area contributed by atoms with Crippen molar-refractivity contribution in [1.29, 1.82) is 0 Å². The van der Waals surface area contributed by atoms with Gasteiger partial charge in [0.25, 0.3) is 23.6 Å². The molecule has 0 aliphatic carbocycles. The van der Waals surface area contributed by atoms with Crippen molar-refractivity contribution in [3.05, 3.63) is 156 Å². The van der Waals surface area contributed by atoms with Crippen molar-refractivity contribution < 1.29 is 46.8 Å². The standard InChI is InChI=1S/C94H130N10O10S2/c1-59(2)21-17-25-63(9)49-53-95-87(105)67(13)99-91(109)71-29-37-75(38-30-71)103(76-39-31-72(32-40-76)92(110)100-68(14)88(106)96-54-50-64(10)26-18-22-60(3)4)79-45-47-81-83(57-79)115-85-82-48-46-80(58-84(82)116(113,114)86(81)85)104(77-41-33-73(34-42-77)93(111)101-69(15)89(107)97-55-51-65(11)27-19-23-61(5)6)78-43-35-74(36-44-78)94(112)102-70(16)90(108)98-56-52-66(12)28-20-24-62(7)8/h29-48,57-70H,17-28,49-56H2,1-16H3,(H,95,105)(H,96,106)(H,97,107)(H,98,108)(H,99,109)(H,100,110)(H,101,111)(H,102,112)/t63-,64-,65-,66-,67+,68+,69+,70+/m1/s1. The first kappa shape index (κ1) is 92.1. The average molecular weight is 1620 g/mol. The van der Waals surface area contributed by atoms with E-state index in [0.29, 0.717) is 139 Å². The summed E-state index contributed by atoms with van der Waals surface area (Å²) < 4.78 is 31.5. The Kier molecular flexibility index (Phi) is 35.1. The summed E-state index contributed by atoms with van der Waals surface area (Å²) in [4.78, 5) is 113. The van der Waals surface area contributed by atoms with Crippen LogP contribution in [0, 0.1) is 47.3 Å². The summed E-state index contributed by atoms with van der Waals surface area (Å²) in [5.74, 6) is 1.47. The van der Waals surface area contributed by atoms with Gasteiger partial charge in [0.05, 0.1) is 14.7 Å². The first-order valence-corrected chi connectivity index (χ1v) is 44.8. The molecule has 8 N–H and O–H groups in total. The van der Waals surface area contributed by atoms with Crippen LogP contribution in [0.25, 0.3) is 20.5 Å². The topological polar surface area (TPSA) is 273 Å². The van der Waals surface area contributed by atoms with Crippen LogP contribution in [0.1, 0.15) is 255 Å². The van der Waals surface area contributed by atoms with E-state index in [1.165, 1.54) is 24.2 Å². The van der Waals surface area contributed by atoms with Gasteiger partial charge in [-0.15, -0.1) is 11.3 Å². The van der Waals surface area contributed by atoms with Gasteiger partial charge in [0, 0.05) is 98.2 Å². The van der Waals surface area contributed by atoms with E-state index in [1.807, 2.05) is 28.0 Å². The highest BCUT2D eigenvalue weighted by Gasteiger charge is 2.38. The third kappa shape index (κ3) is 26.8. The summed E-state index contributed by atoms with van der Waals surface area (Å²) in [7, 11) is -4.22. The quantitative estimate of drug-likeness (QED) is 0.0177. The molecule has 0 saturated heterocycles. The van der Waals surface area contributed by atoms with E-state index in [4.69, 9.17) is 0 Å². The van der Waals surface area contributed by atoms with Crippen molar-refractivity contribution in [2.24, 2.45) is 47.3 Å². The predicted molar refractivity (Wildman–Crippen MR) is 472 cm³/mol. The number of benzene rings is 6. The molecule has 20 nitrogen and oxygen atoms in total. The molecule has 6 aromatic carbocycles. The molecule has 0 radical (unpaired) electrons. The number of fused-ring (bicyclic) bond motifs is 5. The van der Waals surface area contributed by atoms with Gasteiger partial charge in [-0.2, -0.15) is 0 Å². The van der Waals surface area contributed by atoms with E-state index in [1.54, 1.807) is 143 Å². The molecule has 8 amide bonds. The first-order valence-electron chi connectivity index (χ1n) is 42.5. The molecule has 0 fully saturated rings. The van der Waals surface area contributed by atoms with E-state index in [9.17, 15) is 38.4 Å². The Morgan fingerprint density at radius 2 is 0.578 bits per heavy atom. The zero-order valence-corrected chi connectivity index (χ0v) is 73.2. The van der Waals surface area contributed by atoms with Crippen molar-refractivity contribution in [3.8, 4) is 10.4 Å². The molecule has 0 bridgehead atoms. The maximum absolute atomic E-state index is 15.4. The number of sulfone groups is 1. The van der Waals surface area contributed by atoms with Gasteiger partial charge in [0.1, 0.15) is 24.2 Å². The highest BCUT2D eigenvalue weighted by Crippen LogP contribution is 2.54. The van der Waals surface area contributed by atoms with Gasteiger partial charge >= 0.3 is 0 Å². The Morgan fingerprint density at radius 3 is 0.853 bits per heavy atom. The number of carbonyl (C=O) groups excluding carboxylic acids is 8. The Morgan fingerprint density at radius 1 is 0.319 bits per heavy atom. The monoisotopic (exact) mass is 1620 g/mol. The number of carbonyl (C=O) groups is 8. The zero-order valence-electron chi connectivity index (χ0n) is 71.6. The van der Waals surface area contributed by atoms with E-state index in [-0.39, 0.29) is 44.5 Å². The van der Waals surface area contributed by atoms with E-state index >= 15 is 8.42 Å². The van der Waals surface area contributed by atoms with E-state index < -0.39 is 57.6 Å². The van der Waals surface area contributed by atoms with Crippen LogP contribution < -0.4 is 52.3 Å². The number of anilines is 6. The second kappa shape index (κ2) is 44.2. The SMILES string of the molecule is CC(C)CCC[C@@H](C)CCNC(=O)[C@H](C)NC(=O)c1ccc(N(c2ccc(C(=O)N[C@@H](C)C(=O)NCC[C@H](C)CCCC(C)C)cc2)c2ccc3c(c2)S(=O)(=O)c2c-3sc3cc(N(c4ccc(C(=O)N[C@@H](C)C(=O)NCC[C@H](C)CCCC(C)C)cc4)c4ccc(C(=O)N[C@@H](C)C(=O)NCC[C@H](C)CCCC(C)C)cc4)ccc23)cc1. The lowest BCUT2D eigenvalue weighted by Crippen LogP contribution is -2.45. The van der Waals surface area contributed by atoms with Crippen molar-refractivity contribution >= 4 is 113 Å². The van der Waals surface area contributed by atoms with Crippen LogP contribution in [0.5, 0.6) is 0 Å². The number of amides is 8. The summed E-state index contributed by atoms with van der Waals surface area (Å²) in [6, 6.07) is 34.9. The van der Waals surface area contributed by atoms with Crippen LogP contribution in [-0.4, -0.2) is 106 Å². The molecule has 1 aliphatic rings. The summed E-state index contributed by atoms with van der Waals surface area (Å²) >= 11 is 1.33. The fraction of sp³-hybridized carbons (Fsp3) is 0.511. The Labute approximate surface area is 694 Å². The molecule has 2 heterocycles. The fourth-order valence-corrected chi connectivity index (χ4v) is 18.1. The number of hydrogen-bond donors (Lipinski definition) is 8. The van der Waals surface area contributed by atoms with Crippen LogP contribution in [0.2, 0.25) is 0 Å². The molecule has 116 heavy (non-hydrogen) atoms. The number of nitrogens with one attached hydrogen (secondary N) is 8. The van der Waals surface area contributed by atoms with Crippen molar-refractivity contribution in [2.75, 3.05) is 36.0 Å². The molecule has 628 valence electrons. The van der Waals surface area contributed by atoms with Gasteiger partial charge in [-0.1, -0.05) is 172 Å². The van der Waals surface area contributed by atoms with Crippen LogP contribution in [-0.2, 0) is 29.0 Å². The molecule has 8 atom stereocenters. The number of thiophene rings is 1. The van der Waals surface area contributed by atoms with Crippen molar-refractivity contribution in [2.45, 2.75) is 247 Å². The molecule has 0 unspecified atom stereocenters. The van der Waals surface area contributed by atoms with E-state index in [0.717, 1.165) is 89.9 Å². The van der Waals surface area contributed by atoms with Gasteiger partial charge in [-0.3, -0.25) is 38.4 Å². The Balaban J connectivity index is 1.06. The lowest BCUT2D eigenvalue weighted by atomic mass is 9.97. The largest absolute Gasteiger partial charge is 0.354 e. The predicted octanol–water partition coefficient (Wildman–Crippen LogP) is 19.0. The lowest BCUT2D eigenvalue weighted by molar-refractivity contribution is -0.123. The maximum atomic E-state index is 15.4. The van der Waals surface area contributed by atoms with Crippen molar-refractivity contribution in [1.82, 2.24) is 42.5 Å². The molecule has 1 aromatic heterocycles. The minimum absolute atomic E-state index is 0.0786. The third-order valence-corrected chi connectivity index (χ3v) is 25.3. The van der Waals surface area contributed by atoms with Gasteiger partial charge in [-0.05, 0) is 222 Å². The molecule has 22 heteroatoms. The molecule has 0 spiro atoms. The first-order chi connectivity index (χ1) is 55.2. The fourth-order valence-electron chi connectivity index (χ4n) is 14.6.